The van der Waals surface area contributed by atoms with E-state index in [0.29, 0.717) is 18.0 Å². The largest absolute Gasteiger partial charge is 0.478 e. The molecule has 1 atom stereocenters. The Morgan fingerprint density at radius 1 is 1.15 bits per heavy atom. The van der Waals surface area contributed by atoms with Crippen molar-refractivity contribution >= 4 is 11.9 Å². The van der Waals surface area contributed by atoms with Gasteiger partial charge < -0.3 is 14.9 Å². The predicted octanol–water partition coefficient (Wildman–Crippen LogP) is 2.61. The van der Waals surface area contributed by atoms with Gasteiger partial charge in [-0.25, -0.2) is 9.59 Å². The zero-order chi connectivity index (χ0) is 19.6. The second-order valence-electron chi connectivity index (χ2n) is 5.96. The molecule has 1 saturated heterocycles. The number of aliphatic carboxylic acids is 2. The van der Waals surface area contributed by atoms with E-state index in [1.807, 2.05) is 24.3 Å². The molecule has 0 aliphatic carbocycles. The van der Waals surface area contributed by atoms with Gasteiger partial charge in [0.25, 0.3) is 0 Å². The smallest absolute Gasteiger partial charge is 0.328 e. The second kappa shape index (κ2) is 10.1. The number of carbonyl (C=O) groups is 2. The number of carboxylic acid groups (broad SMARTS) is 2. The third-order valence-electron chi connectivity index (χ3n) is 3.95. The minimum Gasteiger partial charge on any atom is -0.478 e. The van der Waals surface area contributed by atoms with E-state index in [4.69, 9.17) is 14.9 Å². The van der Waals surface area contributed by atoms with Gasteiger partial charge in [-0.2, -0.15) is 0 Å². The number of nitrogens with zero attached hydrogens (tertiary/aromatic N) is 2. The van der Waals surface area contributed by atoms with Crippen molar-refractivity contribution in [3.63, 3.8) is 0 Å². The van der Waals surface area contributed by atoms with Gasteiger partial charge in [-0.1, -0.05) is 30.3 Å². The number of aromatic nitrogens is 2. The third-order valence-corrected chi connectivity index (χ3v) is 3.95. The molecule has 8 heteroatoms. The highest BCUT2D eigenvalue weighted by molar-refractivity contribution is 5.89. The first-order chi connectivity index (χ1) is 13.0. The number of H-pyrrole nitrogens is 1. The van der Waals surface area contributed by atoms with E-state index in [1.165, 1.54) is 12.8 Å². The monoisotopic (exact) mass is 373 g/mol. The van der Waals surface area contributed by atoms with Crippen LogP contribution in [0.15, 0.2) is 48.6 Å². The summed E-state index contributed by atoms with van der Waals surface area (Å²) < 4.78 is 5.88. The molecule has 3 rings (SSSR count). The Morgan fingerprint density at radius 2 is 1.74 bits per heavy atom. The number of rotatable bonds is 6. The zero-order valence-electron chi connectivity index (χ0n) is 15.0. The van der Waals surface area contributed by atoms with Crippen molar-refractivity contribution < 1.29 is 24.5 Å². The van der Waals surface area contributed by atoms with Gasteiger partial charge in [0.05, 0.1) is 5.69 Å². The van der Waals surface area contributed by atoms with Crippen molar-refractivity contribution in [3.8, 4) is 17.1 Å². The fourth-order valence-electron chi connectivity index (χ4n) is 2.63. The maximum Gasteiger partial charge on any atom is 0.328 e. The molecule has 2 aromatic rings. The van der Waals surface area contributed by atoms with Gasteiger partial charge in [0.15, 0.2) is 6.23 Å². The Balaban J connectivity index is 0.000000279. The van der Waals surface area contributed by atoms with Gasteiger partial charge in [-0.15, -0.1) is 5.10 Å². The lowest BCUT2D eigenvalue weighted by molar-refractivity contribution is -0.134. The van der Waals surface area contributed by atoms with Crippen LogP contribution in [0.2, 0.25) is 0 Å². The van der Waals surface area contributed by atoms with Crippen LogP contribution < -0.4 is 4.74 Å². The molecule has 144 valence electrons. The Labute approximate surface area is 157 Å². The Bertz CT molecular complexity index is 751. The SMILES string of the molecule is CC(Oc1cc(-c2ccccc2)[nH]n1)N1CCCC1.O=C(O)/C=C\C(=O)O. The summed E-state index contributed by atoms with van der Waals surface area (Å²) in [5, 5.41) is 22.9. The minimum atomic E-state index is -1.26. The van der Waals surface area contributed by atoms with E-state index < -0.39 is 11.9 Å². The molecule has 1 aliphatic rings. The fourth-order valence-corrected chi connectivity index (χ4v) is 2.63. The number of benzene rings is 1. The number of hydrogen-bond acceptors (Lipinski definition) is 5. The highest BCUT2D eigenvalue weighted by Crippen LogP contribution is 2.22. The lowest BCUT2D eigenvalue weighted by Gasteiger charge is -2.23. The van der Waals surface area contributed by atoms with E-state index in [9.17, 15) is 9.59 Å². The summed E-state index contributed by atoms with van der Waals surface area (Å²) in [7, 11) is 0. The molecule has 1 fully saturated rings. The first-order valence-corrected chi connectivity index (χ1v) is 8.61. The molecule has 0 spiro atoms. The van der Waals surface area contributed by atoms with Crippen molar-refractivity contribution in [2.75, 3.05) is 13.1 Å². The van der Waals surface area contributed by atoms with Crippen molar-refractivity contribution in [2.45, 2.75) is 26.0 Å². The number of ether oxygens (including phenoxy) is 1. The van der Waals surface area contributed by atoms with Gasteiger partial charge in [-0.3, -0.25) is 10.00 Å². The van der Waals surface area contributed by atoms with Gasteiger partial charge in [0.1, 0.15) is 0 Å². The van der Waals surface area contributed by atoms with E-state index in [0.717, 1.165) is 24.3 Å². The fraction of sp³-hybridized carbons (Fsp3) is 0.316. The number of carboxylic acids is 2. The Morgan fingerprint density at radius 3 is 2.30 bits per heavy atom. The highest BCUT2D eigenvalue weighted by atomic mass is 16.5. The van der Waals surface area contributed by atoms with Crippen LogP contribution in [0, 0.1) is 0 Å². The van der Waals surface area contributed by atoms with Crippen LogP contribution in [0.5, 0.6) is 5.88 Å². The molecule has 0 saturated carbocycles. The predicted molar refractivity (Wildman–Crippen MR) is 99.3 cm³/mol. The molecule has 8 nitrogen and oxygen atoms in total. The lowest BCUT2D eigenvalue weighted by atomic mass is 10.2. The average molecular weight is 373 g/mol. The summed E-state index contributed by atoms with van der Waals surface area (Å²) in [6.07, 6.45) is 3.74. The van der Waals surface area contributed by atoms with Crippen LogP contribution in [0.4, 0.5) is 0 Å². The van der Waals surface area contributed by atoms with E-state index >= 15 is 0 Å². The first kappa shape index (κ1) is 20.2. The molecular formula is C19H23N3O5. The molecular weight excluding hydrogens is 350 g/mol. The van der Waals surface area contributed by atoms with Gasteiger partial charge in [0, 0.05) is 31.3 Å². The molecule has 3 N–H and O–H groups in total. The zero-order valence-corrected chi connectivity index (χ0v) is 15.0. The summed E-state index contributed by atoms with van der Waals surface area (Å²) in [5.74, 6) is -1.85. The van der Waals surface area contributed by atoms with Gasteiger partial charge in [0.2, 0.25) is 5.88 Å². The molecule has 1 aromatic carbocycles. The number of aromatic amines is 1. The molecule has 27 heavy (non-hydrogen) atoms. The maximum atomic E-state index is 9.55. The molecule has 1 aromatic heterocycles. The van der Waals surface area contributed by atoms with Crippen LogP contribution in [-0.4, -0.2) is 56.6 Å². The van der Waals surface area contributed by atoms with Crippen LogP contribution in [0.25, 0.3) is 11.3 Å². The molecule has 1 unspecified atom stereocenters. The van der Waals surface area contributed by atoms with Gasteiger partial charge >= 0.3 is 11.9 Å². The van der Waals surface area contributed by atoms with Crippen molar-refractivity contribution in [1.29, 1.82) is 0 Å². The topological polar surface area (TPSA) is 116 Å². The van der Waals surface area contributed by atoms with E-state index in [2.05, 4.69) is 34.2 Å². The third kappa shape index (κ3) is 6.95. The summed E-state index contributed by atoms with van der Waals surface area (Å²) >= 11 is 0. The second-order valence-corrected chi connectivity index (χ2v) is 5.96. The highest BCUT2D eigenvalue weighted by Gasteiger charge is 2.20. The van der Waals surface area contributed by atoms with Crippen molar-refractivity contribution in [3.05, 3.63) is 48.6 Å². The van der Waals surface area contributed by atoms with Gasteiger partial charge in [-0.05, 0) is 25.3 Å². The molecule has 0 radical (unpaired) electrons. The number of hydrogen-bond donors (Lipinski definition) is 3. The maximum absolute atomic E-state index is 9.55. The van der Waals surface area contributed by atoms with Crippen LogP contribution >= 0.6 is 0 Å². The van der Waals surface area contributed by atoms with Crippen molar-refractivity contribution in [1.82, 2.24) is 15.1 Å². The normalized spacial score (nSPS) is 15.1. The van der Waals surface area contributed by atoms with Crippen LogP contribution in [-0.2, 0) is 9.59 Å². The quantitative estimate of drug-likeness (QED) is 0.667. The van der Waals surface area contributed by atoms with E-state index in [-0.39, 0.29) is 6.23 Å². The lowest BCUT2D eigenvalue weighted by Crippen LogP contribution is -2.34. The summed E-state index contributed by atoms with van der Waals surface area (Å²) in [6.45, 7) is 4.33. The summed E-state index contributed by atoms with van der Waals surface area (Å²) in [6, 6.07) is 12.1. The number of likely N-dealkylation sites (tertiary alicyclic amines) is 1. The number of nitrogens with one attached hydrogen (secondary N) is 1. The molecule has 0 bridgehead atoms. The minimum absolute atomic E-state index is 0.0921. The van der Waals surface area contributed by atoms with Crippen molar-refractivity contribution in [2.24, 2.45) is 0 Å². The summed E-state index contributed by atoms with van der Waals surface area (Å²) in [5.41, 5.74) is 2.11. The van der Waals surface area contributed by atoms with Crippen LogP contribution in [0.3, 0.4) is 0 Å². The molecule has 2 heterocycles. The Hall–Kier alpha value is -3.13. The van der Waals surface area contributed by atoms with E-state index in [1.54, 1.807) is 0 Å². The Kier molecular flexibility index (Phi) is 7.57. The molecule has 0 amide bonds. The first-order valence-electron chi connectivity index (χ1n) is 8.61. The molecule has 1 aliphatic heterocycles. The standard InChI is InChI=1S/C15H19N3O.C4H4O4/c1-12(18-9-5-6-10-18)19-15-11-14(16-17-15)13-7-3-2-4-8-13;5-3(6)1-2-4(7)8/h2-4,7-8,11-12H,5-6,9-10H2,1H3,(H,16,17);1-2H,(H,5,6)(H,7,8)/b;2-1-. The van der Waals surface area contributed by atoms with Crippen LogP contribution in [0.1, 0.15) is 19.8 Å². The summed E-state index contributed by atoms with van der Waals surface area (Å²) in [4.78, 5) is 21.5. The average Bonchev–Trinajstić information content (AvgIpc) is 3.33.